The Bertz CT molecular complexity index is 812. The van der Waals surface area contributed by atoms with Gasteiger partial charge in [-0.15, -0.1) is 11.8 Å². The van der Waals surface area contributed by atoms with Crippen molar-refractivity contribution in [3.8, 4) is 5.75 Å². The van der Waals surface area contributed by atoms with Crippen LogP contribution in [0.2, 0.25) is 0 Å². The molecule has 7 nitrogen and oxygen atoms in total. The van der Waals surface area contributed by atoms with Crippen LogP contribution in [-0.2, 0) is 15.0 Å². The first-order valence-corrected chi connectivity index (χ1v) is 10.6. The van der Waals surface area contributed by atoms with Gasteiger partial charge < -0.3 is 19.9 Å². The van der Waals surface area contributed by atoms with E-state index in [1.807, 2.05) is 12.1 Å². The zero-order chi connectivity index (χ0) is 21.4. The second-order valence-electron chi connectivity index (χ2n) is 7.74. The first-order chi connectivity index (χ1) is 13.6. The van der Waals surface area contributed by atoms with Crippen LogP contribution in [0.1, 0.15) is 39.0 Å². The number of carbonyl (C=O) groups is 2. The van der Waals surface area contributed by atoms with E-state index >= 15 is 0 Å². The maximum atomic E-state index is 12.1. The van der Waals surface area contributed by atoms with Crippen molar-refractivity contribution in [1.82, 2.24) is 10.5 Å². The predicted molar refractivity (Wildman–Crippen MR) is 115 cm³/mol. The van der Waals surface area contributed by atoms with Crippen LogP contribution in [-0.4, -0.2) is 41.1 Å². The summed E-state index contributed by atoms with van der Waals surface area (Å²) in [6.07, 6.45) is 0. The Kier molecular flexibility index (Phi) is 8.13. The number of thioether (sulfide) groups is 1. The van der Waals surface area contributed by atoms with E-state index < -0.39 is 5.25 Å². The van der Waals surface area contributed by atoms with Crippen LogP contribution >= 0.6 is 11.8 Å². The summed E-state index contributed by atoms with van der Waals surface area (Å²) < 4.78 is 10.6. The van der Waals surface area contributed by atoms with E-state index in [1.54, 1.807) is 19.9 Å². The lowest BCUT2D eigenvalue weighted by atomic mass is 9.87. The Morgan fingerprint density at radius 2 is 1.93 bits per heavy atom. The molecule has 8 heteroatoms. The standard InChI is InChI=1S/C21H29N3O4S/c1-14-12-18(24-28-14)23-20(26)15(2)29-13-19(25)22-10-11-27-17-8-6-16(7-9-17)21(3,4)5/h6-9,12,15H,10-11,13H2,1-5H3,(H,22,25)(H,23,24,26)/t15-/m1/s1. The molecule has 0 fully saturated rings. The van der Waals surface area contributed by atoms with E-state index in [9.17, 15) is 9.59 Å². The van der Waals surface area contributed by atoms with Crippen LogP contribution in [0, 0.1) is 6.92 Å². The third-order valence-electron chi connectivity index (χ3n) is 4.13. The molecule has 29 heavy (non-hydrogen) atoms. The molecule has 0 unspecified atom stereocenters. The summed E-state index contributed by atoms with van der Waals surface area (Å²) in [4.78, 5) is 24.0. The molecule has 0 radical (unpaired) electrons. The number of aryl methyl sites for hydroxylation is 1. The topological polar surface area (TPSA) is 93.5 Å². The molecule has 158 valence electrons. The molecule has 0 saturated carbocycles. The normalized spacial score (nSPS) is 12.3. The zero-order valence-corrected chi connectivity index (χ0v) is 18.4. The van der Waals surface area contributed by atoms with Gasteiger partial charge in [0.25, 0.3) is 0 Å². The van der Waals surface area contributed by atoms with Crippen LogP contribution in [0.15, 0.2) is 34.9 Å². The summed E-state index contributed by atoms with van der Waals surface area (Å²) in [5.41, 5.74) is 1.35. The van der Waals surface area contributed by atoms with Crippen LogP contribution in [0.4, 0.5) is 5.82 Å². The number of nitrogens with one attached hydrogen (secondary N) is 2. The van der Waals surface area contributed by atoms with Gasteiger partial charge in [0.2, 0.25) is 11.8 Å². The number of benzene rings is 1. The Morgan fingerprint density at radius 3 is 2.52 bits per heavy atom. The van der Waals surface area contributed by atoms with Crippen molar-refractivity contribution < 1.29 is 18.8 Å². The average molecular weight is 420 g/mol. The van der Waals surface area contributed by atoms with E-state index in [0.29, 0.717) is 24.7 Å². The minimum atomic E-state index is -0.393. The molecule has 2 amide bonds. The number of amides is 2. The second-order valence-corrected chi connectivity index (χ2v) is 9.07. The smallest absolute Gasteiger partial charge is 0.238 e. The summed E-state index contributed by atoms with van der Waals surface area (Å²) in [6, 6.07) is 9.62. The minimum Gasteiger partial charge on any atom is -0.492 e. The third kappa shape index (κ3) is 7.81. The van der Waals surface area contributed by atoms with Crippen molar-refractivity contribution >= 4 is 29.4 Å². The van der Waals surface area contributed by atoms with Crippen molar-refractivity contribution in [3.63, 3.8) is 0 Å². The number of rotatable bonds is 9. The molecule has 0 bridgehead atoms. The van der Waals surface area contributed by atoms with Gasteiger partial charge in [-0.05, 0) is 37.0 Å². The fourth-order valence-electron chi connectivity index (χ4n) is 2.39. The Hall–Kier alpha value is -2.48. The number of hydrogen-bond acceptors (Lipinski definition) is 6. The molecule has 1 aromatic heterocycles. The van der Waals surface area contributed by atoms with Gasteiger partial charge in [-0.25, -0.2) is 0 Å². The Labute approximate surface area is 175 Å². The molecule has 0 aliphatic carbocycles. The Balaban J connectivity index is 1.62. The number of aromatic nitrogens is 1. The summed E-state index contributed by atoms with van der Waals surface area (Å²) in [6.45, 7) is 10.8. The lowest BCUT2D eigenvalue weighted by Gasteiger charge is -2.19. The van der Waals surface area contributed by atoms with E-state index in [-0.39, 0.29) is 23.0 Å². The van der Waals surface area contributed by atoms with Gasteiger partial charge in [0.1, 0.15) is 18.1 Å². The van der Waals surface area contributed by atoms with Gasteiger partial charge in [0, 0.05) is 6.07 Å². The molecule has 2 aromatic rings. The molecule has 0 saturated heterocycles. The van der Waals surface area contributed by atoms with Gasteiger partial charge in [-0.3, -0.25) is 9.59 Å². The number of nitrogens with zero attached hydrogens (tertiary/aromatic N) is 1. The van der Waals surface area contributed by atoms with E-state index in [1.165, 1.54) is 17.3 Å². The first kappa shape index (κ1) is 22.8. The van der Waals surface area contributed by atoms with Gasteiger partial charge in [0.05, 0.1) is 17.5 Å². The quantitative estimate of drug-likeness (QED) is 0.604. The highest BCUT2D eigenvalue weighted by atomic mass is 32.2. The molecular weight excluding hydrogens is 390 g/mol. The fraction of sp³-hybridized carbons (Fsp3) is 0.476. The Morgan fingerprint density at radius 1 is 1.24 bits per heavy atom. The van der Waals surface area contributed by atoms with Crippen molar-refractivity contribution in [2.45, 2.75) is 45.3 Å². The SMILES string of the molecule is Cc1cc(NC(=O)[C@@H](C)SCC(=O)NCCOc2ccc(C(C)(C)C)cc2)no1. The summed E-state index contributed by atoms with van der Waals surface area (Å²) in [7, 11) is 0. The molecule has 1 heterocycles. The summed E-state index contributed by atoms with van der Waals surface area (Å²) in [5.74, 6) is 1.59. The van der Waals surface area contributed by atoms with Gasteiger partial charge in [-0.1, -0.05) is 38.1 Å². The molecule has 0 aliphatic rings. The monoisotopic (exact) mass is 419 g/mol. The highest BCUT2D eigenvalue weighted by Gasteiger charge is 2.17. The van der Waals surface area contributed by atoms with Gasteiger partial charge >= 0.3 is 0 Å². The molecule has 2 rings (SSSR count). The molecule has 1 aromatic carbocycles. The fourth-order valence-corrected chi connectivity index (χ4v) is 3.10. The van der Waals surface area contributed by atoms with Crippen molar-refractivity contribution in [1.29, 1.82) is 0 Å². The largest absolute Gasteiger partial charge is 0.492 e. The van der Waals surface area contributed by atoms with Gasteiger partial charge in [0.15, 0.2) is 5.82 Å². The van der Waals surface area contributed by atoms with E-state index in [4.69, 9.17) is 9.26 Å². The molecule has 0 spiro atoms. The molecule has 0 aliphatic heterocycles. The maximum Gasteiger partial charge on any atom is 0.238 e. The lowest BCUT2D eigenvalue weighted by Crippen LogP contribution is -2.31. The van der Waals surface area contributed by atoms with Crippen LogP contribution in [0.3, 0.4) is 0 Å². The highest BCUT2D eigenvalue weighted by molar-refractivity contribution is 8.01. The number of hydrogen-bond donors (Lipinski definition) is 2. The third-order valence-corrected chi connectivity index (χ3v) is 5.27. The molecule has 1 atom stereocenters. The summed E-state index contributed by atoms with van der Waals surface area (Å²) >= 11 is 1.25. The van der Waals surface area contributed by atoms with Crippen LogP contribution in [0.25, 0.3) is 0 Å². The van der Waals surface area contributed by atoms with Crippen LogP contribution < -0.4 is 15.4 Å². The predicted octanol–water partition coefficient (Wildman–Crippen LogP) is 3.54. The molecular formula is C21H29N3O4S. The maximum absolute atomic E-state index is 12.1. The number of carbonyl (C=O) groups excluding carboxylic acids is 2. The second kappa shape index (κ2) is 10.3. The number of anilines is 1. The zero-order valence-electron chi connectivity index (χ0n) is 17.6. The summed E-state index contributed by atoms with van der Waals surface area (Å²) in [5, 5.41) is 8.77. The van der Waals surface area contributed by atoms with E-state index in [0.717, 1.165) is 5.75 Å². The van der Waals surface area contributed by atoms with Crippen molar-refractivity contribution in [3.05, 3.63) is 41.7 Å². The first-order valence-electron chi connectivity index (χ1n) is 9.51. The average Bonchev–Trinajstić information content (AvgIpc) is 3.07. The van der Waals surface area contributed by atoms with Crippen molar-refractivity contribution in [2.24, 2.45) is 0 Å². The van der Waals surface area contributed by atoms with Crippen LogP contribution in [0.5, 0.6) is 5.75 Å². The van der Waals surface area contributed by atoms with Crippen molar-refractivity contribution in [2.75, 3.05) is 24.2 Å². The van der Waals surface area contributed by atoms with Gasteiger partial charge in [-0.2, -0.15) is 0 Å². The minimum absolute atomic E-state index is 0.103. The highest BCUT2D eigenvalue weighted by Crippen LogP contribution is 2.24. The lowest BCUT2D eigenvalue weighted by molar-refractivity contribution is -0.118. The number of ether oxygens (including phenoxy) is 1. The molecule has 2 N–H and O–H groups in total. The van der Waals surface area contributed by atoms with E-state index in [2.05, 4.69) is 48.7 Å².